The van der Waals surface area contributed by atoms with Gasteiger partial charge in [0.15, 0.2) is 0 Å². The standard InChI is InChI=1S/C16H23FN2O3/c1-12(2)7-10-22-14-5-8-18(9-6-14)16-11-13(17)3-4-15(16)19(20)21/h3-4,11-12,14H,5-10H2,1-2H3. The summed E-state index contributed by atoms with van der Waals surface area (Å²) in [6.07, 6.45) is 2.86. The van der Waals surface area contributed by atoms with E-state index in [0.717, 1.165) is 31.9 Å². The van der Waals surface area contributed by atoms with E-state index in [1.165, 1.54) is 12.1 Å². The van der Waals surface area contributed by atoms with Gasteiger partial charge in [0.25, 0.3) is 5.69 Å². The fourth-order valence-corrected chi connectivity index (χ4v) is 2.64. The molecule has 22 heavy (non-hydrogen) atoms. The highest BCUT2D eigenvalue weighted by Gasteiger charge is 2.25. The van der Waals surface area contributed by atoms with Crippen LogP contribution in [-0.2, 0) is 4.74 Å². The average Bonchev–Trinajstić information content (AvgIpc) is 2.47. The van der Waals surface area contributed by atoms with E-state index in [1.54, 1.807) is 0 Å². The molecule has 6 heteroatoms. The quantitative estimate of drug-likeness (QED) is 0.593. The van der Waals surface area contributed by atoms with Gasteiger partial charge in [0.1, 0.15) is 11.5 Å². The summed E-state index contributed by atoms with van der Waals surface area (Å²) in [5, 5.41) is 11.1. The maximum Gasteiger partial charge on any atom is 0.292 e. The second kappa shape index (κ2) is 7.54. The number of nitrogens with zero attached hydrogens (tertiary/aromatic N) is 2. The Kier molecular flexibility index (Phi) is 5.71. The summed E-state index contributed by atoms with van der Waals surface area (Å²) in [5.41, 5.74) is 0.325. The molecule has 0 aromatic heterocycles. The lowest BCUT2D eigenvalue weighted by molar-refractivity contribution is -0.384. The summed E-state index contributed by atoms with van der Waals surface area (Å²) in [7, 11) is 0. The van der Waals surface area contributed by atoms with Crippen LogP contribution < -0.4 is 4.90 Å². The number of halogens is 1. The Labute approximate surface area is 130 Å². The van der Waals surface area contributed by atoms with Crippen LogP contribution in [0.1, 0.15) is 33.1 Å². The number of hydrogen-bond donors (Lipinski definition) is 0. The van der Waals surface area contributed by atoms with Gasteiger partial charge in [-0.05, 0) is 31.2 Å². The van der Waals surface area contributed by atoms with E-state index in [1.807, 2.05) is 4.90 Å². The van der Waals surface area contributed by atoms with Crippen molar-refractivity contribution in [3.8, 4) is 0 Å². The Balaban J connectivity index is 1.94. The van der Waals surface area contributed by atoms with Crippen LogP contribution in [0.25, 0.3) is 0 Å². The van der Waals surface area contributed by atoms with Crippen LogP contribution in [0.2, 0.25) is 0 Å². The first kappa shape index (κ1) is 16.7. The van der Waals surface area contributed by atoms with E-state index >= 15 is 0 Å². The van der Waals surface area contributed by atoms with Crippen LogP contribution in [0.5, 0.6) is 0 Å². The average molecular weight is 310 g/mol. The van der Waals surface area contributed by atoms with E-state index in [9.17, 15) is 14.5 Å². The second-order valence-electron chi connectivity index (χ2n) is 6.13. The molecule has 1 aromatic carbocycles. The zero-order valence-electron chi connectivity index (χ0n) is 13.1. The first-order valence-electron chi connectivity index (χ1n) is 7.78. The topological polar surface area (TPSA) is 55.6 Å². The van der Waals surface area contributed by atoms with Gasteiger partial charge in [-0.2, -0.15) is 0 Å². The molecule has 0 saturated carbocycles. The number of piperidine rings is 1. The van der Waals surface area contributed by atoms with E-state index in [2.05, 4.69) is 13.8 Å². The molecule has 2 rings (SSSR count). The number of anilines is 1. The van der Waals surface area contributed by atoms with Gasteiger partial charge < -0.3 is 9.64 Å². The Morgan fingerprint density at radius 2 is 2.09 bits per heavy atom. The summed E-state index contributed by atoms with van der Waals surface area (Å²) in [6.45, 7) is 6.37. The Hall–Kier alpha value is -1.69. The van der Waals surface area contributed by atoms with Gasteiger partial charge in [-0.15, -0.1) is 0 Å². The Morgan fingerprint density at radius 1 is 1.41 bits per heavy atom. The minimum atomic E-state index is -0.458. The third-order valence-electron chi connectivity index (χ3n) is 3.97. The molecular formula is C16H23FN2O3. The summed E-state index contributed by atoms with van der Waals surface area (Å²) in [4.78, 5) is 12.5. The minimum absolute atomic E-state index is 0.0411. The first-order chi connectivity index (χ1) is 10.5. The SMILES string of the molecule is CC(C)CCOC1CCN(c2cc(F)ccc2[N+](=O)[O-])CC1. The molecule has 0 radical (unpaired) electrons. The third-order valence-corrected chi connectivity index (χ3v) is 3.97. The lowest BCUT2D eigenvalue weighted by Crippen LogP contribution is -2.37. The number of rotatable bonds is 6. The lowest BCUT2D eigenvalue weighted by atomic mass is 10.1. The summed E-state index contributed by atoms with van der Waals surface area (Å²) < 4.78 is 19.3. The van der Waals surface area contributed by atoms with E-state index < -0.39 is 10.7 Å². The van der Waals surface area contributed by atoms with Crippen LogP contribution in [0.3, 0.4) is 0 Å². The fraction of sp³-hybridized carbons (Fsp3) is 0.625. The van der Waals surface area contributed by atoms with E-state index in [0.29, 0.717) is 24.7 Å². The minimum Gasteiger partial charge on any atom is -0.378 e. The molecule has 0 N–H and O–H groups in total. The normalized spacial score (nSPS) is 16.3. The van der Waals surface area contributed by atoms with Crippen molar-refractivity contribution in [3.05, 3.63) is 34.1 Å². The zero-order chi connectivity index (χ0) is 16.1. The van der Waals surface area contributed by atoms with Crippen molar-refractivity contribution < 1.29 is 14.1 Å². The summed E-state index contributed by atoms with van der Waals surface area (Å²) >= 11 is 0. The summed E-state index contributed by atoms with van der Waals surface area (Å²) in [5.74, 6) is 0.172. The third kappa shape index (κ3) is 4.40. The van der Waals surface area contributed by atoms with E-state index in [-0.39, 0.29) is 11.8 Å². The van der Waals surface area contributed by atoms with Gasteiger partial charge in [0.05, 0.1) is 11.0 Å². The fourth-order valence-electron chi connectivity index (χ4n) is 2.64. The van der Waals surface area contributed by atoms with Crippen molar-refractivity contribution in [2.24, 2.45) is 5.92 Å². The molecule has 122 valence electrons. The van der Waals surface area contributed by atoms with Gasteiger partial charge in [0.2, 0.25) is 0 Å². The van der Waals surface area contributed by atoms with Crippen LogP contribution in [-0.4, -0.2) is 30.7 Å². The Bertz CT molecular complexity index is 514. The molecule has 5 nitrogen and oxygen atoms in total. The van der Waals surface area contributed by atoms with Crippen molar-refractivity contribution in [2.45, 2.75) is 39.2 Å². The molecule has 0 atom stereocenters. The molecule has 1 fully saturated rings. The highest BCUT2D eigenvalue weighted by molar-refractivity contribution is 5.63. The number of benzene rings is 1. The van der Waals surface area contributed by atoms with Gasteiger partial charge >= 0.3 is 0 Å². The lowest BCUT2D eigenvalue weighted by Gasteiger charge is -2.33. The highest BCUT2D eigenvalue weighted by Crippen LogP contribution is 2.31. The molecule has 0 amide bonds. The molecule has 0 unspecified atom stereocenters. The molecule has 1 aliphatic heterocycles. The van der Waals surface area contributed by atoms with Gasteiger partial charge in [-0.3, -0.25) is 10.1 Å². The molecular weight excluding hydrogens is 287 g/mol. The molecule has 0 spiro atoms. The molecule has 1 heterocycles. The summed E-state index contributed by atoms with van der Waals surface area (Å²) in [6, 6.07) is 3.61. The number of ether oxygens (including phenoxy) is 1. The zero-order valence-corrected chi connectivity index (χ0v) is 13.1. The van der Waals surface area contributed by atoms with Crippen molar-refractivity contribution in [1.29, 1.82) is 0 Å². The monoisotopic (exact) mass is 310 g/mol. The predicted molar refractivity (Wildman–Crippen MR) is 83.7 cm³/mol. The number of nitro benzene ring substituents is 1. The number of nitro groups is 1. The molecule has 1 aliphatic rings. The molecule has 0 bridgehead atoms. The molecule has 1 saturated heterocycles. The van der Waals surface area contributed by atoms with Crippen molar-refractivity contribution in [3.63, 3.8) is 0 Å². The van der Waals surface area contributed by atoms with Gasteiger partial charge in [-0.1, -0.05) is 13.8 Å². The molecule has 0 aliphatic carbocycles. The Morgan fingerprint density at radius 3 is 2.68 bits per heavy atom. The molecule has 1 aromatic rings. The first-order valence-corrected chi connectivity index (χ1v) is 7.78. The maximum absolute atomic E-state index is 13.4. The van der Waals surface area contributed by atoms with Crippen LogP contribution >= 0.6 is 0 Å². The predicted octanol–water partition coefficient (Wildman–Crippen LogP) is 3.77. The van der Waals surface area contributed by atoms with Crippen molar-refractivity contribution >= 4 is 11.4 Å². The van der Waals surface area contributed by atoms with Gasteiger partial charge in [0, 0.05) is 31.8 Å². The van der Waals surface area contributed by atoms with Crippen LogP contribution in [0, 0.1) is 21.8 Å². The largest absolute Gasteiger partial charge is 0.378 e. The highest BCUT2D eigenvalue weighted by atomic mass is 19.1. The van der Waals surface area contributed by atoms with Crippen LogP contribution in [0.15, 0.2) is 18.2 Å². The van der Waals surface area contributed by atoms with Crippen molar-refractivity contribution in [1.82, 2.24) is 0 Å². The number of hydrogen-bond acceptors (Lipinski definition) is 4. The second-order valence-corrected chi connectivity index (χ2v) is 6.13. The van der Waals surface area contributed by atoms with Crippen LogP contribution in [0.4, 0.5) is 15.8 Å². The maximum atomic E-state index is 13.4. The van der Waals surface area contributed by atoms with E-state index in [4.69, 9.17) is 4.74 Å². The van der Waals surface area contributed by atoms with Gasteiger partial charge in [-0.25, -0.2) is 4.39 Å². The smallest absolute Gasteiger partial charge is 0.292 e. The van der Waals surface area contributed by atoms with Crippen molar-refractivity contribution in [2.75, 3.05) is 24.6 Å².